The van der Waals surface area contributed by atoms with Crippen LogP contribution in [0.5, 0.6) is 11.5 Å². The Bertz CT molecular complexity index is 1610. The molecular formula is C31H38N6O11. The van der Waals surface area contributed by atoms with Gasteiger partial charge in [-0.15, -0.1) is 0 Å². The fraction of sp³-hybridized carbons (Fsp3) is 0.387. The number of benzene rings is 2. The van der Waals surface area contributed by atoms with Gasteiger partial charge in [-0.3, -0.25) is 28.8 Å². The zero-order valence-electron chi connectivity index (χ0n) is 26.6. The number of carbonyl (C=O) groups excluding carboxylic acids is 6. The Kier molecular flexibility index (Phi) is 12.0. The highest BCUT2D eigenvalue weighted by Crippen LogP contribution is 2.38. The van der Waals surface area contributed by atoms with Crippen molar-refractivity contribution < 1.29 is 54.0 Å². The number of carboxylic acids is 1. The molecule has 3 rings (SSSR count). The summed E-state index contributed by atoms with van der Waals surface area (Å²) in [5.74, 6) is -6.50. The number of aliphatic carboxylic acids is 1. The SMILES string of the molecule is CC(=O)N(C)[C@H](CO)C(=O)N[C@H](C)C(=O)NCC(=O)N(C)[C@@H]1C(=O)NCC(=O)N[C@H](C(=O)O)Cc2ccc(O)c(c2)-c2cc1ccc2O. The molecule has 0 spiro atoms. The monoisotopic (exact) mass is 670 g/mol. The third-order valence-corrected chi connectivity index (χ3v) is 7.82. The maximum Gasteiger partial charge on any atom is 0.326 e. The lowest BCUT2D eigenvalue weighted by atomic mass is 9.94. The van der Waals surface area contributed by atoms with Crippen molar-refractivity contribution in [3.8, 4) is 22.6 Å². The number of carbonyl (C=O) groups is 7. The average Bonchev–Trinajstić information content (AvgIpc) is 3.03. The number of nitrogens with one attached hydrogen (secondary N) is 4. The Morgan fingerprint density at radius 2 is 1.60 bits per heavy atom. The van der Waals surface area contributed by atoms with Crippen LogP contribution < -0.4 is 21.3 Å². The van der Waals surface area contributed by atoms with Crippen molar-refractivity contribution in [2.24, 2.45) is 0 Å². The Morgan fingerprint density at radius 3 is 2.21 bits per heavy atom. The van der Waals surface area contributed by atoms with E-state index < -0.39 is 85.3 Å². The summed E-state index contributed by atoms with van der Waals surface area (Å²) in [5.41, 5.74) is 0.712. The largest absolute Gasteiger partial charge is 0.507 e. The Hall–Kier alpha value is -5.71. The number of phenols is 2. The van der Waals surface area contributed by atoms with E-state index in [1.807, 2.05) is 0 Å². The first-order valence-electron chi connectivity index (χ1n) is 14.7. The normalized spacial score (nSPS) is 17.4. The van der Waals surface area contributed by atoms with Gasteiger partial charge < -0.3 is 51.5 Å². The third kappa shape index (κ3) is 8.75. The van der Waals surface area contributed by atoms with Gasteiger partial charge in [0.2, 0.25) is 35.4 Å². The molecule has 2 aromatic carbocycles. The zero-order valence-corrected chi connectivity index (χ0v) is 26.6. The molecule has 0 unspecified atom stereocenters. The second-order valence-corrected chi connectivity index (χ2v) is 11.2. The number of aromatic hydroxyl groups is 2. The molecule has 2 aromatic rings. The molecule has 17 nitrogen and oxygen atoms in total. The van der Waals surface area contributed by atoms with Crippen molar-refractivity contribution in [2.45, 2.75) is 44.4 Å². The minimum Gasteiger partial charge on any atom is -0.507 e. The molecule has 4 bridgehead atoms. The van der Waals surface area contributed by atoms with Gasteiger partial charge in [0.1, 0.15) is 35.7 Å². The second-order valence-electron chi connectivity index (χ2n) is 11.2. The summed E-state index contributed by atoms with van der Waals surface area (Å²) in [6, 6.07) is 2.84. The number of amides is 6. The van der Waals surface area contributed by atoms with Crippen LogP contribution in [0.2, 0.25) is 0 Å². The molecule has 0 saturated carbocycles. The van der Waals surface area contributed by atoms with Crippen LogP contribution >= 0.6 is 0 Å². The Balaban J connectivity index is 1.88. The molecule has 1 aliphatic rings. The van der Waals surface area contributed by atoms with Crippen molar-refractivity contribution in [3.63, 3.8) is 0 Å². The summed E-state index contributed by atoms with van der Waals surface area (Å²) >= 11 is 0. The lowest BCUT2D eigenvalue weighted by molar-refractivity contribution is -0.142. The molecule has 0 radical (unpaired) electrons. The number of likely N-dealkylation sites (N-methyl/N-ethyl adjacent to an activating group) is 2. The van der Waals surface area contributed by atoms with Gasteiger partial charge in [0.15, 0.2) is 0 Å². The number of phenolic OH excluding ortho intramolecular Hbond substituents is 2. The number of nitrogens with zero attached hydrogens (tertiary/aromatic N) is 2. The number of rotatable bonds is 9. The first-order valence-corrected chi connectivity index (χ1v) is 14.7. The fourth-order valence-electron chi connectivity index (χ4n) is 4.92. The minimum atomic E-state index is -1.45. The van der Waals surface area contributed by atoms with Crippen molar-refractivity contribution in [1.82, 2.24) is 31.1 Å². The summed E-state index contributed by atoms with van der Waals surface area (Å²) in [7, 11) is 2.56. The molecule has 0 fully saturated rings. The van der Waals surface area contributed by atoms with Crippen LogP contribution in [0.1, 0.15) is 31.0 Å². The lowest BCUT2D eigenvalue weighted by Crippen LogP contribution is -2.55. The van der Waals surface area contributed by atoms with Gasteiger partial charge in [-0.2, -0.15) is 0 Å². The van der Waals surface area contributed by atoms with Crippen LogP contribution in [0.4, 0.5) is 0 Å². The molecule has 6 amide bonds. The molecule has 1 heterocycles. The standard InChI is InChI=1S/C31H38N6O11/c1-15(34-29(45)22(14-38)36(3)16(2)39)28(44)33-13-26(43)37(4)27-18-6-8-24(41)20(11-18)19-9-17(5-7-23(19)40)10-21(31(47)48)35-25(42)12-32-30(27)46/h5-9,11,15,21-22,27,38,40-41H,10,12-14H2,1-4H3,(H,32,46)(H,33,44)(H,34,45)(H,35,42)(H,47,48)/t15-,21+,22-,27+/m1/s1. The number of fused-ring (bicyclic) bond motifs is 5. The maximum absolute atomic E-state index is 13.5. The lowest BCUT2D eigenvalue weighted by Gasteiger charge is -2.29. The zero-order chi connectivity index (χ0) is 35.9. The van der Waals surface area contributed by atoms with Crippen molar-refractivity contribution >= 4 is 41.4 Å². The third-order valence-electron chi connectivity index (χ3n) is 7.82. The van der Waals surface area contributed by atoms with Gasteiger partial charge in [0, 0.05) is 38.6 Å². The Labute approximate surface area is 274 Å². The molecule has 0 aromatic heterocycles. The van der Waals surface area contributed by atoms with Crippen molar-refractivity contribution in [3.05, 3.63) is 47.5 Å². The summed E-state index contributed by atoms with van der Waals surface area (Å²) in [5, 5.41) is 49.9. The first-order chi connectivity index (χ1) is 22.5. The summed E-state index contributed by atoms with van der Waals surface area (Å²) in [6.07, 6.45) is -0.173. The molecule has 48 heavy (non-hydrogen) atoms. The van der Waals surface area contributed by atoms with Crippen LogP contribution in [0.25, 0.3) is 11.1 Å². The molecule has 0 saturated heterocycles. The molecule has 1 aliphatic heterocycles. The number of aliphatic hydroxyl groups excluding tert-OH is 1. The summed E-state index contributed by atoms with van der Waals surface area (Å²) in [4.78, 5) is 90.1. The summed E-state index contributed by atoms with van der Waals surface area (Å²) in [6.45, 7) is 0.522. The van der Waals surface area contributed by atoms with E-state index in [-0.39, 0.29) is 34.6 Å². The van der Waals surface area contributed by atoms with E-state index in [0.29, 0.717) is 5.56 Å². The van der Waals surface area contributed by atoms with Crippen molar-refractivity contribution in [1.29, 1.82) is 0 Å². The van der Waals surface area contributed by atoms with E-state index >= 15 is 0 Å². The molecule has 4 atom stereocenters. The van der Waals surface area contributed by atoms with E-state index in [2.05, 4.69) is 21.3 Å². The predicted octanol–water partition coefficient (Wildman–Crippen LogP) is -2.03. The van der Waals surface area contributed by atoms with E-state index in [9.17, 15) is 54.0 Å². The quantitative estimate of drug-likeness (QED) is 0.144. The molecule has 0 aliphatic carbocycles. The van der Waals surface area contributed by atoms with E-state index in [0.717, 1.165) is 9.80 Å². The maximum atomic E-state index is 13.5. The smallest absolute Gasteiger partial charge is 0.326 e. The highest BCUT2D eigenvalue weighted by atomic mass is 16.4. The number of hydrogen-bond acceptors (Lipinski definition) is 10. The highest BCUT2D eigenvalue weighted by molar-refractivity contribution is 5.95. The highest BCUT2D eigenvalue weighted by Gasteiger charge is 2.32. The van der Waals surface area contributed by atoms with Crippen molar-refractivity contribution in [2.75, 3.05) is 33.8 Å². The molecule has 17 heteroatoms. The van der Waals surface area contributed by atoms with Gasteiger partial charge in [0.05, 0.1) is 19.7 Å². The number of aliphatic hydroxyl groups is 1. The average molecular weight is 671 g/mol. The second kappa shape index (κ2) is 15.7. The van der Waals surface area contributed by atoms with E-state index in [4.69, 9.17) is 0 Å². The minimum absolute atomic E-state index is 0.0629. The van der Waals surface area contributed by atoms with Crippen LogP contribution in [0.3, 0.4) is 0 Å². The topological polar surface area (TPSA) is 255 Å². The van der Waals surface area contributed by atoms with Crippen LogP contribution in [0.15, 0.2) is 36.4 Å². The molecular weight excluding hydrogens is 632 g/mol. The predicted molar refractivity (Wildman–Crippen MR) is 167 cm³/mol. The fourth-order valence-corrected chi connectivity index (χ4v) is 4.92. The summed E-state index contributed by atoms with van der Waals surface area (Å²) < 4.78 is 0. The number of carboxylic acid groups (broad SMARTS) is 1. The van der Waals surface area contributed by atoms with Crippen LogP contribution in [-0.2, 0) is 40.0 Å². The van der Waals surface area contributed by atoms with Gasteiger partial charge in [-0.25, -0.2) is 4.79 Å². The van der Waals surface area contributed by atoms with E-state index in [1.165, 1.54) is 64.3 Å². The van der Waals surface area contributed by atoms with Gasteiger partial charge in [-0.05, 0) is 42.3 Å². The molecule has 258 valence electrons. The van der Waals surface area contributed by atoms with Crippen LogP contribution in [-0.4, -0.2) is 124 Å². The van der Waals surface area contributed by atoms with E-state index in [1.54, 1.807) is 0 Å². The molecule has 8 N–H and O–H groups in total. The van der Waals surface area contributed by atoms with Crippen LogP contribution in [0, 0.1) is 0 Å². The van der Waals surface area contributed by atoms with Gasteiger partial charge in [0.25, 0.3) is 0 Å². The first kappa shape index (κ1) is 36.8. The Morgan fingerprint density at radius 1 is 0.979 bits per heavy atom. The number of hydrogen-bond donors (Lipinski definition) is 8. The van der Waals surface area contributed by atoms with Gasteiger partial charge >= 0.3 is 5.97 Å². The van der Waals surface area contributed by atoms with Gasteiger partial charge in [-0.1, -0.05) is 12.1 Å².